The number of aryl methyl sites for hydroxylation is 1. The van der Waals surface area contributed by atoms with Crippen molar-refractivity contribution >= 4 is 38.6 Å². The van der Waals surface area contributed by atoms with Crippen LogP contribution in [0.1, 0.15) is 23.1 Å². The molecule has 0 saturated heterocycles. The highest BCUT2D eigenvalue weighted by Gasteiger charge is 2.17. The van der Waals surface area contributed by atoms with Gasteiger partial charge in [0.2, 0.25) is 0 Å². The standard InChI is InChI=1S/C14H11BrClNO3/c1-2-17-9-4-3-8(7-11(9)20-14(17)18)13(15)10-5-6-12(16)19-10/h3-7,13H,2H2,1H3. The van der Waals surface area contributed by atoms with Gasteiger partial charge in [-0.3, -0.25) is 4.57 Å². The van der Waals surface area contributed by atoms with E-state index in [1.165, 1.54) is 0 Å². The fourth-order valence-electron chi connectivity index (χ4n) is 2.17. The Hall–Kier alpha value is -1.46. The number of furan rings is 1. The zero-order valence-corrected chi connectivity index (χ0v) is 12.9. The molecule has 2 heterocycles. The highest BCUT2D eigenvalue weighted by atomic mass is 79.9. The minimum absolute atomic E-state index is 0.144. The van der Waals surface area contributed by atoms with Gasteiger partial charge in [-0.05, 0) is 48.4 Å². The molecule has 1 aromatic carbocycles. The molecular weight excluding hydrogens is 346 g/mol. The molecule has 0 radical (unpaired) electrons. The van der Waals surface area contributed by atoms with Gasteiger partial charge in [-0.1, -0.05) is 22.0 Å². The zero-order chi connectivity index (χ0) is 14.3. The van der Waals surface area contributed by atoms with Crippen molar-refractivity contribution in [2.45, 2.75) is 18.3 Å². The molecule has 20 heavy (non-hydrogen) atoms. The van der Waals surface area contributed by atoms with Crippen LogP contribution in [0.3, 0.4) is 0 Å². The molecular formula is C14H11BrClNO3. The van der Waals surface area contributed by atoms with Crippen LogP contribution in [0.2, 0.25) is 5.22 Å². The average molecular weight is 357 g/mol. The maximum Gasteiger partial charge on any atom is 0.419 e. The van der Waals surface area contributed by atoms with Crippen LogP contribution in [0.5, 0.6) is 0 Å². The first-order valence-electron chi connectivity index (χ1n) is 6.12. The molecule has 3 aromatic rings. The van der Waals surface area contributed by atoms with Gasteiger partial charge in [-0.15, -0.1) is 0 Å². The fourth-order valence-corrected chi connectivity index (χ4v) is 2.85. The molecule has 4 nitrogen and oxygen atoms in total. The molecule has 104 valence electrons. The molecule has 0 bridgehead atoms. The summed E-state index contributed by atoms with van der Waals surface area (Å²) in [5.74, 6) is 0.360. The summed E-state index contributed by atoms with van der Waals surface area (Å²) < 4.78 is 12.2. The van der Waals surface area contributed by atoms with E-state index in [1.807, 2.05) is 25.1 Å². The lowest BCUT2D eigenvalue weighted by Crippen LogP contribution is -2.11. The number of hydrogen-bond donors (Lipinski definition) is 0. The molecule has 1 unspecified atom stereocenters. The predicted octanol–water partition coefficient (Wildman–Crippen LogP) is 4.35. The number of aromatic nitrogens is 1. The first kappa shape index (κ1) is 13.5. The van der Waals surface area contributed by atoms with Gasteiger partial charge in [-0.25, -0.2) is 4.79 Å². The summed E-state index contributed by atoms with van der Waals surface area (Å²) in [6.45, 7) is 2.49. The van der Waals surface area contributed by atoms with E-state index in [-0.39, 0.29) is 10.6 Å². The van der Waals surface area contributed by atoms with Crippen molar-refractivity contribution in [1.82, 2.24) is 4.57 Å². The summed E-state index contributed by atoms with van der Waals surface area (Å²) in [5.41, 5.74) is 2.29. The Balaban J connectivity index is 2.07. The van der Waals surface area contributed by atoms with Crippen LogP contribution in [-0.4, -0.2) is 4.57 Å². The lowest BCUT2D eigenvalue weighted by molar-refractivity contribution is 0.512. The third-order valence-corrected chi connectivity index (χ3v) is 4.33. The van der Waals surface area contributed by atoms with Crippen LogP contribution in [0.25, 0.3) is 11.1 Å². The normalized spacial score (nSPS) is 12.9. The molecule has 0 aliphatic carbocycles. The number of benzene rings is 1. The summed E-state index contributed by atoms with van der Waals surface area (Å²) in [5, 5.41) is 0.342. The van der Waals surface area contributed by atoms with Gasteiger partial charge in [-0.2, -0.15) is 0 Å². The van der Waals surface area contributed by atoms with Gasteiger partial charge >= 0.3 is 5.76 Å². The number of oxazole rings is 1. The third-order valence-electron chi connectivity index (χ3n) is 3.14. The Morgan fingerprint density at radius 1 is 1.30 bits per heavy atom. The molecule has 2 aromatic heterocycles. The predicted molar refractivity (Wildman–Crippen MR) is 80.6 cm³/mol. The summed E-state index contributed by atoms with van der Waals surface area (Å²) in [6, 6.07) is 9.13. The second kappa shape index (κ2) is 5.14. The van der Waals surface area contributed by atoms with Crippen molar-refractivity contribution < 1.29 is 8.83 Å². The van der Waals surface area contributed by atoms with E-state index in [0.717, 1.165) is 11.1 Å². The lowest BCUT2D eigenvalue weighted by Gasteiger charge is -2.07. The van der Waals surface area contributed by atoms with E-state index in [9.17, 15) is 4.79 Å². The van der Waals surface area contributed by atoms with E-state index in [2.05, 4.69) is 15.9 Å². The van der Waals surface area contributed by atoms with E-state index >= 15 is 0 Å². The van der Waals surface area contributed by atoms with Gasteiger partial charge in [0.05, 0.1) is 10.3 Å². The Morgan fingerprint density at radius 2 is 2.10 bits per heavy atom. The maximum atomic E-state index is 11.7. The molecule has 6 heteroatoms. The van der Waals surface area contributed by atoms with Crippen LogP contribution in [-0.2, 0) is 6.54 Å². The number of halogens is 2. The van der Waals surface area contributed by atoms with Crippen molar-refractivity contribution in [3.8, 4) is 0 Å². The van der Waals surface area contributed by atoms with Gasteiger partial charge in [0.15, 0.2) is 10.8 Å². The SMILES string of the molecule is CCn1c(=O)oc2cc(C(Br)c3ccc(Cl)o3)ccc21. The van der Waals surface area contributed by atoms with E-state index in [0.29, 0.717) is 23.1 Å². The van der Waals surface area contributed by atoms with E-state index in [1.54, 1.807) is 16.7 Å². The fraction of sp³-hybridized carbons (Fsp3) is 0.214. The molecule has 0 saturated carbocycles. The third kappa shape index (κ3) is 2.21. The van der Waals surface area contributed by atoms with Crippen LogP contribution >= 0.6 is 27.5 Å². The van der Waals surface area contributed by atoms with E-state index in [4.69, 9.17) is 20.4 Å². The number of fused-ring (bicyclic) bond motifs is 1. The first-order chi connectivity index (χ1) is 9.60. The highest BCUT2D eigenvalue weighted by Crippen LogP contribution is 2.34. The topological polar surface area (TPSA) is 48.3 Å². The van der Waals surface area contributed by atoms with Crippen molar-refractivity contribution in [2.24, 2.45) is 0 Å². The highest BCUT2D eigenvalue weighted by molar-refractivity contribution is 9.09. The van der Waals surface area contributed by atoms with Crippen molar-refractivity contribution in [1.29, 1.82) is 0 Å². The Bertz CT molecular complexity index is 817. The number of hydrogen-bond acceptors (Lipinski definition) is 3. The molecule has 1 atom stereocenters. The van der Waals surface area contributed by atoms with Crippen LogP contribution in [0.15, 0.2) is 44.0 Å². The van der Waals surface area contributed by atoms with Crippen LogP contribution in [0, 0.1) is 0 Å². The van der Waals surface area contributed by atoms with Gasteiger partial charge < -0.3 is 8.83 Å². The zero-order valence-electron chi connectivity index (χ0n) is 10.6. The summed E-state index contributed by atoms with van der Waals surface area (Å²) >= 11 is 9.34. The molecule has 0 amide bonds. The Kier molecular flexibility index (Phi) is 3.48. The minimum Gasteiger partial charge on any atom is -0.448 e. The van der Waals surface area contributed by atoms with Crippen molar-refractivity contribution in [3.05, 3.63) is 57.4 Å². The summed E-state index contributed by atoms with van der Waals surface area (Å²) in [4.78, 5) is 11.5. The summed E-state index contributed by atoms with van der Waals surface area (Å²) in [6.07, 6.45) is 0. The molecule has 0 spiro atoms. The van der Waals surface area contributed by atoms with Gasteiger partial charge in [0.25, 0.3) is 0 Å². The molecule has 0 fully saturated rings. The lowest BCUT2D eigenvalue weighted by atomic mass is 10.1. The average Bonchev–Trinajstić information content (AvgIpc) is 2.99. The first-order valence-corrected chi connectivity index (χ1v) is 7.42. The van der Waals surface area contributed by atoms with Crippen molar-refractivity contribution in [3.63, 3.8) is 0 Å². The number of alkyl halides is 1. The smallest absolute Gasteiger partial charge is 0.419 e. The number of rotatable bonds is 3. The molecule has 0 N–H and O–H groups in total. The minimum atomic E-state index is -0.341. The van der Waals surface area contributed by atoms with Gasteiger partial charge in [0.1, 0.15) is 5.76 Å². The van der Waals surface area contributed by atoms with Gasteiger partial charge in [0, 0.05) is 6.54 Å². The summed E-state index contributed by atoms with van der Waals surface area (Å²) in [7, 11) is 0. The monoisotopic (exact) mass is 355 g/mol. The molecule has 0 aliphatic rings. The Morgan fingerprint density at radius 3 is 2.75 bits per heavy atom. The quantitative estimate of drug-likeness (QED) is 0.656. The largest absolute Gasteiger partial charge is 0.448 e. The maximum absolute atomic E-state index is 11.7. The molecule has 3 rings (SSSR count). The second-order valence-corrected chi connectivity index (χ2v) is 5.63. The Labute approximate surface area is 128 Å². The van der Waals surface area contributed by atoms with Crippen molar-refractivity contribution in [2.75, 3.05) is 0 Å². The molecule has 0 aliphatic heterocycles. The van der Waals surface area contributed by atoms with E-state index < -0.39 is 0 Å². The van der Waals surface area contributed by atoms with Crippen LogP contribution < -0.4 is 5.76 Å². The second-order valence-electron chi connectivity index (χ2n) is 4.34. The van der Waals surface area contributed by atoms with Crippen LogP contribution in [0.4, 0.5) is 0 Å². The number of nitrogens with zero attached hydrogens (tertiary/aromatic N) is 1.